The van der Waals surface area contributed by atoms with Crippen LogP contribution in [0, 0.1) is 0 Å². The highest BCUT2D eigenvalue weighted by molar-refractivity contribution is 5.91. The van der Waals surface area contributed by atoms with Crippen LogP contribution in [-0.2, 0) is 28.5 Å². The van der Waals surface area contributed by atoms with E-state index in [-0.39, 0.29) is 37.1 Å². The van der Waals surface area contributed by atoms with Crippen molar-refractivity contribution in [2.45, 2.75) is 62.7 Å². The molecule has 16 nitrogen and oxygen atoms in total. The molecule has 16 heteroatoms. The number of nitrogens with zero attached hydrogens (tertiary/aromatic N) is 4. The molecular weight excluding hydrogens is 696 g/mol. The Labute approximate surface area is 314 Å². The number of benzene rings is 1. The van der Waals surface area contributed by atoms with Crippen molar-refractivity contribution in [3.05, 3.63) is 71.7 Å². The summed E-state index contributed by atoms with van der Waals surface area (Å²) in [4.78, 5) is 70.6. The maximum atomic E-state index is 13.7. The van der Waals surface area contributed by atoms with Crippen LogP contribution in [0.4, 0.5) is 9.59 Å². The molecule has 4 N–H and O–H groups in total. The summed E-state index contributed by atoms with van der Waals surface area (Å²) in [7, 11) is 5.46. The Morgan fingerprint density at radius 2 is 1.26 bits per heavy atom. The number of imidazole rings is 2. The van der Waals surface area contributed by atoms with Crippen molar-refractivity contribution in [1.29, 1.82) is 0 Å². The normalized spacial score (nSPS) is 19.5. The van der Waals surface area contributed by atoms with Gasteiger partial charge in [0.1, 0.15) is 22.7 Å². The molecule has 290 valence electrons. The lowest BCUT2D eigenvalue weighted by atomic mass is 10.0. The number of aromatic amines is 2. The van der Waals surface area contributed by atoms with Gasteiger partial charge in [-0.25, -0.2) is 19.6 Å². The van der Waals surface area contributed by atoms with Gasteiger partial charge in [-0.2, -0.15) is 0 Å². The lowest BCUT2D eigenvalue weighted by Gasteiger charge is -2.34. The van der Waals surface area contributed by atoms with Gasteiger partial charge in [0, 0.05) is 27.3 Å². The van der Waals surface area contributed by atoms with Crippen LogP contribution in [0.25, 0.3) is 23.4 Å². The van der Waals surface area contributed by atoms with Gasteiger partial charge in [0.15, 0.2) is 0 Å². The Bertz CT molecular complexity index is 1840. The lowest BCUT2D eigenvalue weighted by Crippen LogP contribution is -2.60. The Balaban J connectivity index is 1.19. The predicted octanol–water partition coefficient (Wildman–Crippen LogP) is 4.38. The Morgan fingerprint density at radius 3 is 1.78 bits per heavy atom. The summed E-state index contributed by atoms with van der Waals surface area (Å²) in [5.41, 5.74) is 0.977. The molecule has 2 saturated heterocycles. The lowest BCUT2D eigenvalue weighted by molar-refractivity contribution is -0.141. The van der Waals surface area contributed by atoms with Crippen LogP contribution >= 0.6 is 0 Å². The van der Waals surface area contributed by atoms with Gasteiger partial charge < -0.3 is 49.3 Å². The average Bonchev–Trinajstić information content (AvgIpc) is 4.00. The van der Waals surface area contributed by atoms with E-state index in [9.17, 15) is 19.2 Å². The molecule has 1 aromatic carbocycles. The predicted molar refractivity (Wildman–Crippen MR) is 200 cm³/mol. The summed E-state index contributed by atoms with van der Waals surface area (Å²) in [6, 6.07) is 7.49. The molecule has 0 spiro atoms. The first-order valence-corrected chi connectivity index (χ1v) is 17.8. The van der Waals surface area contributed by atoms with Crippen molar-refractivity contribution in [2.24, 2.45) is 0 Å². The largest absolute Gasteiger partial charge is 0.453 e. The highest BCUT2D eigenvalue weighted by atomic mass is 16.5. The van der Waals surface area contributed by atoms with Gasteiger partial charge in [-0.3, -0.25) is 9.59 Å². The van der Waals surface area contributed by atoms with E-state index >= 15 is 0 Å². The zero-order valence-corrected chi connectivity index (χ0v) is 31.6. The summed E-state index contributed by atoms with van der Waals surface area (Å²) in [6.45, 7) is 4.31. The smallest absolute Gasteiger partial charge is 0.407 e. The number of carbonyl (C=O) groups excluding carboxylic acids is 4. The van der Waals surface area contributed by atoms with Gasteiger partial charge in [0.2, 0.25) is 0 Å². The third-order valence-electron chi connectivity index (χ3n) is 9.70. The summed E-state index contributed by atoms with van der Waals surface area (Å²) in [5.74, 6) is 0.819. The first kappa shape index (κ1) is 39.7. The fourth-order valence-electron chi connectivity index (χ4n) is 7.01. The van der Waals surface area contributed by atoms with Gasteiger partial charge in [-0.05, 0) is 56.7 Å². The Morgan fingerprint density at radius 1 is 0.759 bits per heavy atom. The topological polar surface area (TPSA) is 193 Å². The molecule has 5 rings (SSSR count). The molecule has 0 bridgehead atoms. The molecule has 4 atom stereocenters. The van der Waals surface area contributed by atoms with Crippen molar-refractivity contribution in [1.82, 2.24) is 40.4 Å². The molecule has 2 aliphatic rings. The highest BCUT2D eigenvalue weighted by Crippen LogP contribution is 2.34. The van der Waals surface area contributed by atoms with E-state index in [1.807, 2.05) is 48.6 Å². The number of likely N-dealkylation sites (tertiary alicyclic amines) is 2. The Kier molecular flexibility index (Phi) is 12.9. The third kappa shape index (κ3) is 8.99. The number of carbonyl (C=O) groups is 4. The summed E-state index contributed by atoms with van der Waals surface area (Å²) in [6.07, 6.45) is 12.9. The number of alkyl carbamates (subject to hydrolysis) is 2. The van der Waals surface area contributed by atoms with E-state index in [0.717, 1.165) is 48.2 Å². The van der Waals surface area contributed by atoms with Crippen LogP contribution in [-0.4, -0.2) is 120 Å². The molecule has 0 radical (unpaired) electrons. The maximum Gasteiger partial charge on any atom is 0.407 e. The quantitative estimate of drug-likeness (QED) is 0.172. The van der Waals surface area contributed by atoms with Gasteiger partial charge in [0.05, 0.1) is 63.3 Å². The van der Waals surface area contributed by atoms with Crippen LogP contribution in [0.3, 0.4) is 0 Å². The number of amides is 4. The van der Waals surface area contributed by atoms with E-state index in [1.165, 1.54) is 28.4 Å². The molecule has 0 aliphatic carbocycles. The first-order valence-electron chi connectivity index (χ1n) is 17.8. The molecule has 3 aromatic rings. The van der Waals surface area contributed by atoms with Crippen molar-refractivity contribution >= 4 is 36.2 Å². The number of aromatic nitrogens is 4. The minimum atomic E-state index is -1.29. The van der Waals surface area contributed by atoms with Gasteiger partial charge in [0.25, 0.3) is 11.8 Å². The molecule has 2 aliphatic heterocycles. The highest BCUT2D eigenvalue weighted by Gasteiger charge is 2.45. The van der Waals surface area contributed by atoms with E-state index in [1.54, 1.807) is 36.0 Å². The SMILES string of the molecule is COCC(C)(NC(=O)OC)C(=O)N1CCC[C@H]1c1ncc(C=CC=Cc2ccc(-c3cnc([C@@H]4CCCN4C(=O)C(C)(COC)NC(=O)OC)[nH]3)cc2)[nH]1. The molecule has 2 fully saturated rings. The number of nitrogens with one attached hydrogen (secondary N) is 4. The molecular formula is C38H50N8O8. The van der Waals surface area contributed by atoms with Gasteiger partial charge in [-0.15, -0.1) is 0 Å². The fraction of sp³-hybridized carbons (Fsp3) is 0.474. The second-order valence-corrected chi connectivity index (χ2v) is 13.8. The number of rotatable bonds is 14. The zero-order valence-electron chi connectivity index (χ0n) is 31.6. The van der Waals surface area contributed by atoms with Crippen molar-refractivity contribution in [2.75, 3.05) is 54.7 Å². The number of H-pyrrole nitrogens is 2. The first-order chi connectivity index (χ1) is 25.9. The Hall–Kier alpha value is -5.48. The minimum absolute atomic E-state index is 0.00631. The standard InChI is InChI=1S/C38H50N8O8/c1-37(23-51-3,43-35(49)53-5)33(47)45-19-9-13-29(45)31-39-21-27(41-31)12-8-7-11-25-15-17-26(18-16-25)28-22-40-32(42-28)30-14-10-20-46(30)34(48)38(2,24-52-4)44-36(50)54-6/h7-8,11-12,15-18,21-22,29-30H,9-10,13-14,19-20,23-24H2,1-6H3,(H,39,41)(H,40,42)(H,43,49)(H,44,50)/t29-,30-,37?,38?/m0/s1. The number of hydrogen-bond acceptors (Lipinski definition) is 10. The van der Waals surface area contributed by atoms with Crippen LogP contribution in [0.2, 0.25) is 0 Å². The maximum absolute atomic E-state index is 13.7. The number of hydrogen-bond donors (Lipinski definition) is 4. The minimum Gasteiger partial charge on any atom is -0.453 e. The summed E-state index contributed by atoms with van der Waals surface area (Å²) < 4.78 is 20.0. The molecule has 2 unspecified atom stereocenters. The van der Waals surface area contributed by atoms with Gasteiger partial charge >= 0.3 is 12.2 Å². The third-order valence-corrected chi connectivity index (χ3v) is 9.70. The molecule has 54 heavy (non-hydrogen) atoms. The second kappa shape index (κ2) is 17.6. The van der Waals surface area contributed by atoms with E-state index in [0.29, 0.717) is 24.7 Å². The van der Waals surface area contributed by atoms with Crippen molar-refractivity contribution in [3.8, 4) is 11.3 Å². The number of allylic oxidation sites excluding steroid dienone is 2. The van der Waals surface area contributed by atoms with Gasteiger partial charge in [-0.1, -0.05) is 42.5 Å². The molecule has 4 amide bonds. The van der Waals surface area contributed by atoms with Crippen LogP contribution in [0.5, 0.6) is 0 Å². The van der Waals surface area contributed by atoms with Crippen LogP contribution in [0.15, 0.2) is 48.8 Å². The number of methoxy groups -OCH3 is 4. The van der Waals surface area contributed by atoms with Crippen molar-refractivity contribution < 1.29 is 38.1 Å². The van der Waals surface area contributed by atoms with E-state index < -0.39 is 23.3 Å². The van der Waals surface area contributed by atoms with E-state index in [2.05, 4.69) is 30.6 Å². The van der Waals surface area contributed by atoms with E-state index in [4.69, 9.17) is 18.9 Å². The molecule has 0 saturated carbocycles. The van der Waals surface area contributed by atoms with Crippen LogP contribution in [0.1, 0.15) is 74.5 Å². The molecule has 2 aromatic heterocycles. The average molecular weight is 747 g/mol. The monoisotopic (exact) mass is 746 g/mol. The van der Waals surface area contributed by atoms with Crippen molar-refractivity contribution in [3.63, 3.8) is 0 Å². The summed E-state index contributed by atoms with van der Waals surface area (Å²) in [5, 5.41) is 5.26. The number of ether oxygens (including phenoxy) is 4. The second-order valence-electron chi connectivity index (χ2n) is 13.8. The summed E-state index contributed by atoms with van der Waals surface area (Å²) >= 11 is 0. The van der Waals surface area contributed by atoms with Crippen LogP contribution < -0.4 is 10.6 Å². The zero-order chi connectivity index (χ0) is 38.9. The fourth-order valence-corrected chi connectivity index (χ4v) is 7.01. The molecule has 4 heterocycles.